The summed E-state index contributed by atoms with van der Waals surface area (Å²) in [5.41, 5.74) is 1.47. The van der Waals surface area contributed by atoms with E-state index in [2.05, 4.69) is 16.6 Å². The Kier molecular flexibility index (Phi) is 5.75. The second-order valence-electron chi connectivity index (χ2n) is 5.32. The summed E-state index contributed by atoms with van der Waals surface area (Å²) in [6.07, 6.45) is -0.893. The first kappa shape index (κ1) is 18.3. The molecule has 0 aliphatic rings. The molecule has 132 valence electrons. The Labute approximate surface area is 155 Å². The molecule has 0 fully saturated rings. The standard InChI is InChI=1S/C17H18N2O3S3/c1-2-23-17-19-14-9-8-13(10-16(14)24-17)25(21,22)18-11-15(20)12-6-4-3-5-7-12/h3-10,15,18,20H,2,11H2,1H3. The van der Waals surface area contributed by atoms with Gasteiger partial charge in [0.05, 0.1) is 21.2 Å². The van der Waals surface area contributed by atoms with Gasteiger partial charge in [-0.2, -0.15) is 0 Å². The Balaban J connectivity index is 1.76. The molecule has 1 aromatic heterocycles. The smallest absolute Gasteiger partial charge is 0.240 e. The van der Waals surface area contributed by atoms with Crippen LogP contribution in [0, 0.1) is 0 Å². The number of fused-ring (bicyclic) bond motifs is 1. The van der Waals surface area contributed by atoms with E-state index >= 15 is 0 Å². The van der Waals surface area contributed by atoms with Gasteiger partial charge in [-0.15, -0.1) is 11.3 Å². The summed E-state index contributed by atoms with van der Waals surface area (Å²) in [4.78, 5) is 4.64. The third-order valence-corrected chi connectivity index (χ3v) is 7.03. The highest BCUT2D eigenvalue weighted by Gasteiger charge is 2.18. The number of rotatable bonds is 7. The summed E-state index contributed by atoms with van der Waals surface area (Å²) in [5, 5.41) is 10.1. The predicted octanol–water partition coefficient (Wildman–Crippen LogP) is 3.42. The minimum absolute atomic E-state index is 0.0794. The molecule has 0 radical (unpaired) electrons. The van der Waals surface area contributed by atoms with E-state index in [0.717, 1.165) is 20.3 Å². The van der Waals surface area contributed by atoms with E-state index in [1.807, 2.05) is 6.07 Å². The average molecular weight is 395 g/mol. The maximum absolute atomic E-state index is 12.5. The van der Waals surface area contributed by atoms with E-state index in [9.17, 15) is 13.5 Å². The van der Waals surface area contributed by atoms with Gasteiger partial charge in [-0.05, 0) is 29.5 Å². The molecule has 0 amide bonds. The number of hydrogen-bond acceptors (Lipinski definition) is 6. The zero-order chi connectivity index (χ0) is 17.9. The second kappa shape index (κ2) is 7.84. The zero-order valence-electron chi connectivity index (χ0n) is 13.5. The van der Waals surface area contributed by atoms with Crippen LogP contribution in [0.1, 0.15) is 18.6 Å². The molecule has 2 aromatic carbocycles. The number of nitrogens with zero attached hydrogens (tertiary/aromatic N) is 1. The van der Waals surface area contributed by atoms with Crippen LogP contribution in [0.25, 0.3) is 10.2 Å². The number of thiazole rings is 1. The molecule has 0 aliphatic heterocycles. The van der Waals surface area contributed by atoms with Crippen LogP contribution in [-0.4, -0.2) is 30.8 Å². The highest BCUT2D eigenvalue weighted by Crippen LogP contribution is 2.30. The highest BCUT2D eigenvalue weighted by molar-refractivity contribution is 8.01. The third kappa shape index (κ3) is 4.39. The number of sulfonamides is 1. The van der Waals surface area contributed by atoms with Gasteiger partial charge in [-0.3, -0.25) is 0 Å². The van der Waals surface area contributed by atoms with Gasteiger partial charge in [-0.25, -0.2) is 18.1 Å². The van der Waals surface area contributed by atoms with Crippen molar-refractivity contribution in [2.24, 2.45) is 0 Å². The van der Waals surface area contributed by atoms with Crippen molar-refractivity contribution in [2.45, 2.75) is 22.3 Å². The van der Waals surface area contributed by atoms with Gasteiger partial charge in [-0.1, -0.05) is 49.0 Å². The van der Waals surface area contributed by atoms with E-state index in [0.29, 0.717) is 5.56 Å². The molecular weight excluding hydrogens is 376 g/mol. The topological polar surface area (TPSA) is 79.3 Å². The Hall–Kier alpha value is -1.45. The van der Waals surface area contributed by atoms with Crippen LogP contribution in [0.5, 0.6) is 0 Å². The molecule has 0 bridgehead atoms. The lowest BCUT2D eigenvalue weighted by Gasteiger charge is -2.12. The molecule has 3 rings (SSSR count). The summed E-state index contributed by atoms with van der Waals surface area (Å²) in [6.45, 7) is 1.97. The average Bonchev–Trinajstić information content (AvgIpc) is 3.02. The molecule has 1 heterocycles. The predicted molar refractivity (Wildman–Crippen MR) is 103 cm³/mol. The molecule has 0 aliphatic carbocycles. The van der Waals surface area contributed by atoms with E-state index in [-0.39, 0.29) is 11.4 Å². The third-order valence-electron chi connectivity index (χ3n) is 3.57. The molecule has 8 heteroatoms. The van der Waals surface area contributed by atoms with Crippen molar-refractivity contribution in [3.05, 3.63) is 54.1 Å². The molecule has 3 aromatic rings. The maximum Gasteiger partial charge on any atom is 0.240 e. The number of nitrogens with one attached hydrogen (secondary N) is 1. The Morgan fingerprint density at radius 2 is 2.00 bits per heavy atom. The van der Waals surface area contributed by atoms with Crippen molar-refractivity contribution in [1.82, 2.24) is 9.71 Å². The molecular formula is C17H18N2O3S3. The van der Waals surface area contributed by atoms with Crippen LogP contribution in [0.15, 0.2) is 57.8 Å². The summed E-state index contributed by atoms with van der Waals surface area (Å²) in [5.74, 6) is 0.921. The summed E-state index contributed by atoms with van der Waals surface area (Å²) in [6, 6.07) is 13.9. The monoisotopic (exact) mass is 394 g/mol. The molecule has 0 saturated heterocycles. The van der Waals surface area contributed by atoms with Crippen LogP contribution < -0.4 is 4.72 Å². The summed E-state index contributed by atoms with van der Waals surface area (Å²) < 4.78 is 29.2. The van der Waals surface area contributed by atoms with E-state index in [1.54, 1.807) is 54.2 Å². The Morgan fingerprint density at radius 3 is 2.72 bits per heavy atom. The fourth-order valence-corrected chi connectivity index (χ4v) is 5.44. The largest absolute Gasteiger partial charge is 0.387 e. The van der Waals surface area contributed by atoms with Crippen molar-refractivity contribution in [1.29, 1.82) is 0 Å². The Morgan fingerprint density at radius 1 is 1.24 bits per heavy atom. The first-order valence-electron chi connectivity index (χ1n) is 7.75. The molecule has 0 saturated carbocycles. The fraction of sp³-hybridized carbons (Fsp3) is 0.235. The SMILES string of the molecule is CCSc1nc2ccc(S(=O)(=O)NCC(O)c3ccccc3)cc2s1. The van der Waals surface area contributed by atoms with Crippen LogP contribution in [-0.2, 0) is 10.0 Å². The molecule has 5 nitrogen and oxygen atoms in total. The van der Waals surface area contributed by atoms with Crippen molar-refractivity contribution < 1.29 is 13.5 Å². The van der Waals surface area contributed by atoms with E-state index < -0.39 is 16.1 Å². The number of thioether (sulfide) groups is 1. The molecule has 0 spiro atoms. The summed E-state index contributed by atoms with van der Waals surface area (Å²) in [7, 11) is -3.70. The van der Waals surface area contributed by atoms with Gasteiger partial charge in [0, 0.05) is 6.54 Å². The Bertz CT molecular complexity index is 956. The highest BCUT2D eigenvalue weighted by atomic mass is 32.2. The van der Waals surface area contributed by atoms with Crippen molar-refractivity contribution in [3.8, 4) is 0 Å². The lowest BCUT2D eigenvalue weighted by atomic mass is 10.1. The molecule has 1 unspecified atom stereocenters. The normalized spacial score (nSPS) is 13.2. The van der Waals surface area contributed by atoms with Crippen LogP contribution >= 0.6 is 23.1 Å². The minimum Gasteiger partial charge on any atom is -0.387 e. The van der Waals surface area contributed by atoms with Gasteiger partial charge >= 0.3 is 0 Å². The van der Waals surface area contributed by atoms with Crippen LogP contribution in [0.4, 0.5) is 0 Å². The van der Waals surface area contributed by atoms with Gasteiger partial charge < -0.3 is 5.11 Å². The number of aliphatic hydroxyl groups excluding tert-OH is 1. The van der Waals surface area contributed by atoms with Crippen LogP contribution in [0.2, 0.25) is 0 Å². The summed E-state index contributed by atoms with van der Waals surface area (Å²) >= 11 is 3.12. The second-order valence-corrected chi connectivity index (χ2v) is 9.63. The lowest BCUT2D eigenvalue weighted by molar-refractivity contribution is 0.182. The van der Waals surface area contributed by atoms with Gasteiger partial charge in [0.1, 0.15) is 0 Å². The maximum atomic E-state index is 12.5. The van der Waals surface area contributed by atoms with Crippen LogP contribution in [0.3, 0.4) is 0 Å². The molecule has 1 atom stereocenters. The molecule has 25 heavy (non-hydrogen) atoms. The first-order valence-corrected chi connectivity index (χ1v) is 11.0. The number of hydrogen-bond donors (Lipinski definition) is 2. The van der Waals surface area contributed by atoms with Crippen molar-refractivity contribution in [3.63, 3.8) is 0 Å². The van der Waals surface area contributed by atoms with Crippen molar-refractivity contribution >= 4 is 43.3 Å². The number of aromatic nitrogens is 1. The first-order chi connectivity index (χ1) is 12.0. The van der Waals surface area contributed by atoms with Gasteiger partial charge in [0.25, 0.3) is 0 Å². The number of benzene rings is 2. The quantitative estimate of drug-likeness (QED) is 0.600. The van der Waals surface area contributed by atoms with E-state index in [4.69, 9.17) is 0 Å². The lowest BCUT2D eigenvalue weighted by Crippen LogP contribution is -2.28. The molecule has 2 N–H and O–H groups in total. The zero-order valence-corrected chi connectivity index (χ0v) is 16.0. The fourth-order valence-electron chi connectivity index (χ4n) is 2.30. The van der Waals surface area contributed by atoms with Crippen molar-refractivity contribution in [2.75, 3.05) is 12.3 Å². The van der Waals surface area contributed by atoms with Gasteiger partial charge in [0.15, 0.2) is 4.34 Å². The number of aliphatic hydroxyl groups is 1. The minimum atomic E-state index is -3.70. The van der Waals surface area contributed by atoms with Gasteiger partial charge in [0.2, 0.25) is 10.0 Å². The van der Waals surface area contributed by atoms with E-state index in [1.165, 1.54) is 11.3 Å².